The molecule has 0 unspecified atom stereocenters. The Balaban J connectivity index is 1.03. The number of thiazole rings is 1. The zero-order valence-electron chi connectivity index (χ0n) is 28.2. The maximum atomic E-state index is 15.4. The molecule has 3 aromatic rings. The summed E-state index contributed by atoms with van der Waals surface area (Å²) in [6, 6.07) is 3.49. The first-order valence-corrected chi connectivity index (χ1v) is 19.2. The van der Waals surface area contributed by atoms with Crippen molar-refractivity contribution in [1.29, 1.82) is 0 Å². The molecule has 6 heterocycles. The summed E-state index contributed by atoms with van der Waals surface area (Å²) in [5, 5.41) is 18.0. The average molecular weight is 809 g/mol. The molecule has 5 N–H and O–H groups in total. The van der Waals surface area contributed by atoms with Crippen LogP contribution < -0.4 is 26.1 Å². The lowest BCUT2D eigenvalue weighted by Gasteiger charge is -2.49. The predicted octanol–water partition coefficient (Wildman–Crippen LogP) is 2.20. The molecule has 2 aromatic heterocycles. The van der Waals surface area contributed by atoms with Crippen LogP contribution in [0.1, 0.15) is 40.9 Å². The van der Waals surface area contributed by atoms with Gasteiger partial charge in [-0.05, 0) is 25.0 Å². The number of carbonyl (C=O) groups excluding carboxylic acids is 3. The molecule has 0 spiro atoms. The van der Waals surface area contributed by atoms with Gasteiger partial charge in [-0.1, -0.05) is 46.1 Å². The summed E-state index contributed by atoms with van der Waals surface area (Å²) >= 11 is 15.0. The quantitative estimate of drug-likeness (QED) is 0.0962. The molecule has 280 valence electrons. The number of amides is 3. The van der Waals surface area contributed by atoms with E-state index in [-0.39, 0.29) is 61.6 Å². The molecule has 7 rings (SSSR count). The predicted molar refractivity (Wildman–Crippen MR) is 195 cm³/mol. The molecule has 3 amide bonds. The second kappa shape index (κ2) is 15.1. The first kappa shape index (κ1) is 36.9. The summed E-state index contributed by atoms with van der Waals surface area (Å²) in [5.41, 5.74) is 9.01. The van der Waals surface area contributed by atoms with Gasteiger partial charge in [0.15, 0.2) is 29.4 Å². The number of hydrazine groups is 1. The fraction of sp³-hybridized carbons (Fsp3) is 0.406. The van der Waals surface area contributed by atoms with Gasteiger partial charge in [-0.15, -0.1) is 21.1 Å². The van der Waals surface area contributed by atoms with Gasteiger partial charge < -0.3 is 25.9 Å². The highest BCUT2D eigenvalue weighted by Crippen LogP contribution is 2.41. The van der Waals surface area contributed by atoms with Crippen molar-refractivity contribution in [2.45, 2.75) is 50.3 Å². The minimum atomic E-state index is -1.27. The van der Waals surface area contributed by atoms with Crippen LogP contribution in [0.2, 0.25) is 9.36 Å². The third kappa shape index (κ3) is 7.15. The molecular formula is C32H34Cl2FN10O6S2+. The maximum Gasteiger partial charge on any atom is 0.352 e. The number of anilines is 2. The summed E-state index contributed by atoms with van der Waals surface area (Å²) in [6.45, 7) is 2.86. The van der Waals surface area contributed by atoms with Gasteiger partial charge in [0.2, 0.25) is 0 Å². The number of piperidine rings is 1. The number of nitrogens with two attached hydrogens (primary N) is 1. The number of halogens is 3. The van der Waals surface area contributed by atoms with Crippen LogP contribution in [0.4, 0.5) is 15.3 Å². The monoisotopic (exact) mass is 807 g/mol. The van der Waals surface area contributed by atoms with Crippen LogP contribution in [-0.4, -0.2) is 98.0 Å². The van der Waals surface area contributed by atoms with E-state index in [1.54, 1.807) is 6.20 Å². The topological polar surface area (TPSA) is 192 Å². The number of hydrogen-bond donors (Lipinski definition) is 4. The molecule has 1 aromatic carbocycles. The molecule has 2 saturated heterocycles. The van der Waals surface area contributed by atoms with Gasteiger partial charge in [0.1, 0.15) is 40.1 Å². The fourth-order valence-corrected chi connectivity index (χ4v) is 9.37. The molecular weight excluding hydrogens is 774 g/mol. The second-order valence-electron chi connectivity index (χ2n) is 12.6. The van der Waals surface area contributed by atoms with Crippen LogP contribution in [-0.2, 0) is 38.9 Å². The number of aromatic nitrogens is 3. The Labute approximate surface area is 320 Å². The van der Waals surface area contributed by atoms with Crippen molar-refractivity contribution in [3.8, 4) is 0 Å². The molecule has 0 aliphatic carbocycles. The number of rotatable bonds is 11. The van der Waals surface area contributed by atoms with E-state index >= 15 is 4.39 Å². The number of nitrogens with one attached hydrogen (secondary N) is 2. The van der Waals surface area contributed by atoms with Crippen molar-refractivity contribution in [1.82, 2.24) is 30.3 Å². The van der Waals surface area contributed by atoms with Crippen LogP contribution in [0.3, 0.4) is 0 Å². The van der Waals surface area contributed by atoms with Crippen molar-refractivity contribution in [2.24, 2.45) is 5.16 Å². The third-order valence-electron chi connectivity index (χ3n) is 9.36. The molecule has 21 heteroatoms. The Morgan fingerprint density at radius 2 is 1.96 bits per heavy atom. The lowest BCUT2D eigenvalue weighted by molar-refractivity contribution is -0.766. The smallest absolute Gasteiger partial charge is 0.352 e. The number of oxime groups is 1. The Kier molecular flexibility index (Phi) is 10.5. The van der Waals surface area contributed by atoms with Gasteiger partial charge in [-0.25, -0.2) is 19.2 Å². The van der Waals surface area contributed by atoms with Crippen molar-refractivity contribution in [3.05, 3.63) is 67.7 Å². The Morgan fingerprint density at radius 1 is 1.19 bits per heavy atom. The SMILES string of the molecule is CO/N=C(\C(=O)N[C@@H]1C(=O)N2C(C(=O)O)=C(C[n+]3ccc4n3CCN4Cc3c(F)cc(C(=O)NN4CCCCC4)cc3Cl)CS[C@H]12)c1nc(N)sc1Cl. The number of hydrogen-bond acceptors (Lipinski definition) is 12. The van der Waals surface area contributed by atoms with Crippen LogP contribution >= 0.6 is 46.3 Å². The van der Waals surface area contributed by atoms with E-state index in [4.69, 9.17) is 33.8 Å². The van der Waals surface area contributed by atoms with Gasteiger partial charge >= 0.3 is 5.97 Å². The van der Waals surface area contributed by atoms with Crippen LogP contribution in [0.25, 0.3) is 0 Å². The number of thioether (sulfide) groups is 1. The largest absolute Gasteiger partial charge is 0.477 e. The molecule has 0 saturated carbocycles. The number of carbonyl (C=O) groups is 4. The first-order chi connectivity index (χ1) is 25.4. The van der Waals surface area contributed by atoms with Gasteiger partial charge in [-0.2, -0.15) is 0 Å². The van der Waals surface area contributed by atoms with Crippen LogP contribution in [0.5, 0.6) is 0 Å². The molecule has 2 atom stereocenters. The minimum Gasteiger partial charge on any atom is -0.477 e. The van der Waals surface area contributed by atoms with Crippen molar-refractivity contribution in [2.75, 3.05) is 43.1 Å². The highest BCUT2D eigenvalue weighted by atomic mass is 35.5. The normalized spacial score (nSPS) is 20.2. The molecule has 53 heavy (non-hydrogen) atoms. The number of carboxylic acids is 1. The van der Waals surface area contributed by atoms with Crippen LogP contribution in [0.15, 0.2) is 40.8 Å². The van der Waals surface area contributed by atoms with Crippen LogP contribution in [0, 0.1) is 5.82 Å². The zero-order valence-corrected chi connectivity index (χ0v) is 31.3. The van der Waals surface area contributed by atoms with Crippen molar-refractivity contribution < 1.29 is 38.2 Å². The Hall–Kier alpha value is -4.43. The third-order valence-corrected chi connectivity index (χ3v) is 12.1. The van der Waals surface area contributed by atoms with E-state index in [9.17, 15) is 24.3 Å². The zero-order chi connectivity index (χ0) is 37.6. The molecule has 4 aliphatic heterocycles. The van der Waals surface area contributed by atoms with E-state index in [0.717, 1.165) is 49.5 Å². The van der Waals surface area contributed by atoms with E-state index in [2.05, 4.69) is 20.9 Å². The summed E-state index contributed by atoms with van der Waals surface area (Å²) in [5.74, 6) is -2.62. The summed E-state index contributed by atoms with van der Waals surface area (Å²) in [4.78, 5) is 63.9. The van der Waals surface area contributed by atoms with Gasteiger partial charge in [-0.3, -0.25) is 24.7 Å². The molecule has 2 fully saturated rings. The van der Waals surface area contributed by atoms with Gasteiger partial charge in [0, 0.05) is 53.7 Å². The Bertz CT molecular complexity index is 2050. The second-order valence-corrected chi connectivity index (χ2v) is 15.8. The van der Waals surface area contributed by atoms with E-state index in [0.29, 0.717) is 18.7 Å². The molecule has 0 bridgehead atoms. The lowest BCUT2D eigenvalue weighted by Crippen LogP contribution is -2.71. The minimum absolute atomic E-state index is 0.00378. The summed E-state index contributed by atoms with van der Waals surface area (Å²) < 4.78 is 19.3. The molecule has 0 radical (unpaired) electrons. The number of β-lactam (4-membered cyclic amide) rings is 1. The van der Waals surface area contributed by atoms with Gasteiger partial charge in [0.25, 0.3) is 17.7 Å². The van der Waals surface area contributed by atoms with E-state index in [1.165, 1.54) is 35.9 Å². The van der Waals surface area contributed by atoms with Crippen molar-refractivity contribution in [3.63, 3.8) is 0 Å². The van der Waals surface area contributed by atoms with E-state index in [1.807, 2.05) is 25.3 Å². The highest BCUT2D eigenvalue weighted by molar-refractivity contribution is 8.00. The fourth-order valence-electron chi connectivity index (χ4n) is 6.84. The summed E-state index contributed by atoms with van der Waals surface area (Å²) in [6.07, 6.45) is 4.88. The maximum absolute atomic E-state index is 15.4. The first-order valence-electron chi connectivity index (χ1n) is 16.6. The number of fused-ring (bicyclic) bond motifs is 2. The Morgan fingerprint density at radius 3 is 2.64 bits per heavy atom. The number of aliphatic carboxylic acids is 1. The lowest BCUT2D eigenvalue weighted by atomic mass is 10.0. The van der Waals surface area contributed by atoms with Crippen molar-refractivity contribution >= 4 is 86.7 Å². The van der Waals surface area contributed by atoms with Gasteiger partial charge in [0.05, 0.1) is 12.6 Å². The number of nitrogen functional groups attached to an aromatic ring is 1. The van der Waals surface area contributed by atoms with E-state index < -0.39 is 40.9 Å². The number of nitrogens with zero attached hydrogens (tertiary/aromatic N) is 7. The number of carboxylic acid groups (broad SMARTS) is 1. The average Bonchev–Trinajstić information content (AvgIpc) is 3.82. The highest BCUT2D eigenvalue weighted by Gasteiger charge is 2.55. The standard InChI is InChI=1S/C32H33Cl2FN10O6S2/c1-51-40-23(22-26(34)53-32(36)38-22)28(47)37-24-29(48)45-25(31(49)50)17(15-52-30(24)45)13-43-8-5-21-41(9-10-44(21)43)14-18-19(33)11-16(12-20(18)35)27(46)39-42-6-3-2-4-7-42/h5,8,11-12,24,30H,2-4,6-7,9-10,13-15H2,1H3,(H4-,36,37,38,39,46,47,49,50)/p+1/b40-23-/t24-,30-/m1/s1. The molecule has 4 aliphatic rings. The molecule has 16 nitrogen and oxygen atoms in total. The number of benzene rings is 1. The summed E-state index contributed by atoms with van der Waals surface area (Å²) in [7, 11) is 1.24.